The van der Waals surface area contributed by atoms with Gasteiger partial charge < -0.3 is 10.1 Å². The molecule has 27 heavy (non-hydrogen) atoms. The van der Waals surface area contributed by atoms with E-state index in [0.717, 1.165) is 35.9 Å². The summed E-state index contributed by atoms with van der Waals surface area (Å²) in [4.78, 5) is 32.0. The predicted octanol–water partition coefficient (Wildman–Crippen LogP) is 2.85. The molecule has 0 saturated carbocycles. The van der Waals surface area contributed by atoms with Gasteiger partial charge in [-0.05, 0) is 44.1 Å². The van der Waals surface area contributed by atoms with Crippen molar-refractivity contribution < 1.29 is 9.53 Å². The lowest BCUT2D eigenvalue weighted by Gasteiger charge is -2.17. The number of hydrogen-bond acceptors (Lipinski definition) is 6. The van der Waals surface area contributed by atoms with E-state index in [1.165, 1.54) is 22.2 Å². The predicted molar refractivity (Wildman–Crippen MR) is 111 cm³/mol. The van der Waals surface area contributed by atoms with Gasteiger partial charge in [-0.15, -0.1) is 11.3 Å². The minimum atomic E-state index is -0.0487. The Labute approximate surface area is 167 Å². The van der Waals surface area contributed by atoms with Crippen LogP contribution in [0.1, 0.15) is 37.1 Å². The maximum Gasteiger partial charge on any atom is 0.263 e. The number of carbonyl (C=O) groups excluding carboxylic acids is 1. The van der Waals surface area contributed by atoms with Crippen LogP contribution in [-0.4, -0.2) is 41.5 Å². The summed E-state index contributed by atoms with van der Waals surface area (Å²) in [6, 6.07) is 0. The Bertz CT molecular complexity index is 875. The summed E-state index contributed by atoms with van der Waals surface area (Å²) in [5, 5.41) is 4.31. The molecule has 0 fully saturated rings. The molecule has 0 aliphatic heterocycles. The number of methoxy groups -OCH3 is 1. The zero-order valence-corrected chi connectivity index (χ0v) is 17.8. The van der Waals surface area contributed by atoms with Gasteiger partial charge in [-0.25, -0.2) is 4.98 Å². The van der Waals surface area contributed by atoms with Crippen LogP contribution >= 0.6 is 23.1 Å². The van der Waals surface area contributed by atoms with Crippen molar-refractivity contribution in [3.63, 3.8) is 0 Å². The third kappa shape index (κ3) is 4.55. The molecule has 0 saturated heterocycles. The third-order valence-electron chi connectivity index (χ3n) is 4.88. The number of thiophene rings is 1. The second-order valence-corrected chi connectivity index (χ2v) is 8.99. The monoisotopic (exact) mass is 409 g/mol. The topological polar surface area (TPSA) is 73.2 Å². The Morgan fingerprint density at radius 3 is 3.04 bits per heavy atom. The molecular formula is C19H27N3O3S2. The summed E-state index contributed by atoms with van der Waals surface area (Å²) >= 11 is 2.99. The normalized spacial score (nSPS) is 16.5. The van der Waals surface area contributed by atoms with Crippen LogP contribution in [0, 0.1) is 5.92 Å². The summed E-state index contributed by atoms with van der Waals surface area (Å²) in [5.74, 6) is 0.870. The first-order valence-corrected chi connectivity index (χ1v) is 11.3. The Morgan fingerprint density at radius 2 is 2.30 bits per heavy atom. The number of thioether (sulfide) groups is 1. The highest BCUT2D eigenvalue weighted by atomic mass is 32.2. The lowest BCUT2D eigenvalue weighted by atomic mass is 9.89. The maximum atomic E-state index is 13.1. The smallest absolute Gasteiger partial charge is 0.263 e. The lowest BCUT2D eigenvalue weighted by Crippen LogP contribution is -2.28. The van der Waals surface area contributed by atoms with Crippen molar-refractivity contribution in [2.45, 2.75) is 51.2 Å². The summed E-state index contributed by atoms with van der Waals surface area (Å²) in [6.45, 7) is 5.99. The number of fused-ring (bicyclic) bond motifs is 3. The number of carbonyl (C=O) groups is 1. The Balaban J connectivity index is 1.79. The van der Waals surface area contributed by atoms with E-state index >= 15 is 0 Å². The van der Waals surface area contributed by atoms with E-state index in [2.05, 4.69) is 12.2 Å². The van der Waals surface area contributed by atoms with Gasteiger partial charge in [0, 0.05) is 31.7 Å². The summed E-state index contributed by atoms with van der Waals surface area (Å²) < 4.78 is 6.68. The molecule has 1 aliphatic carbocycles. The number of nitrogens with zero attached hydrogens (tertiary/aromatic N) is 2. The number of amides is 1. The van der Waals surface area contributed by atoms with Crippen LogP contribution in [-0.2, 0) is 28.9 Å². The molecule has 2 heterocycles. The van der Waals surface area contributed by atoms with E-state index in [1.54, 1.807) is 23.0 Å². The molecule has 1 amide bonds. The average molecular weight is 410 g/mol. The fraction of sp³-hybridized carbons (Fsp3) is 0.632. The molecule has 2 aromatic heterocycles. The van der Waals surface area contributed by atoms with Crippen LogP contribution in [0.15, 0.2) is 9.95 Å². The first kappa shape index (κ1) is 20.4. The highest BCUT2D eigenvalue weighted by Gasteiger charge is 2.24. The Hall–Kier alpha value is -1.38. The van der Waals surface area contributed by atoms with Gasteiger partial charge in [-0.3, -0.25) is 14.2 Å². The van der Waals surface area contributed by atoms with E-state index in [-0.39, 0.29) is 17.2 Å². The molecule has 6 nitrogen and oxygen atoms in total. The first-order valence-electron chi connectivity index (χ1n) is 9.48. The highest BCUT2D eigenvalue weighted by molar-refractivity contribution is 7.99. The van der Waals surface area contributed by atoms with Gasteiger partial charge in [0.2, 0.25) is 5.91 Å². The quantitative estimate of drug-likeness (QED) is 0.412. The summed E-state index contributed by atoms with van der Waals surface area (Å²) in [7, 11) is 1.65. The molecule has 0 radical (unpaired) electrons. The number of aromatic nitrogens is 2. The zero-order valence-electron chi connectivity index (χ0n) is 16.2. The van der Waals surface area contributed by atoms with E-state index in [0.29, 0.717) is 30.8 Å². The number of ether oxygens (including phenoxy) is 1. The fourth-order valence-electron chi connectivity index (χ4n) is 3.42. The number of hydrogen-bond donors (Lipinski definition) is 1. The van der Waals surface area contributed by atoms with Gasteiger partial charge in [0.05, 0.1) is 11.1 Å². The van der Waals surface area contributed by atoms with Crippen molar-refractivity contribution in [2.24, 2.45) is 5.92 Å². The van der Waals surface area contributed by atoms with Crippen molar-refractivity contribution in [1.82, 2.24) is 14.9 Å². The number of aryl methyl sites for hydroxylation is 1. The standard InChI is InChI=1S/C19H27N3O3S2/c1-4-22-18(24)16-13-7-6-12(2)10-14(13)27-17(16)21-19(22)26-11-15(23)20-8-5-9-25-3/h12H,4-11H2,1-3H3,(H,20,23)/t12-/m0/s1. The molecule has 8 heteroatoms. The molecule has 0 aromatic carbocycles. The molecule has 0 unspecified atom stereocenters. The minimum Gasteiger partial charge on any atom is -0.385 e. The molecule has 148 valence electrons. The second-order valence-electron chi connectivity index (χ2n) is 6.96. The van der Waals surface area contributed by atoms with Crippen LogP contribution in [0.3, 0.4) is 0 Å². The Morgan fingerprint density at radius 1 is 1.48 bits per heavy atom. The van der Waals surface area contributed by atoms with Gasteiger partial charge in [-0.2, -0.15) is 0 Å². The van der Waals surface area contributed by atoms with Gasteiger partial charge in [-0.1, -0.05) is 18.7 Å². The Kier molecular flexibility index (Phi) is 6.94. The van der Waals surface area contributed by atoms with Crippen molar-refractivity contribution in [3.05, 3.63) is 20.8 Å². The SMILES string of the molecule is CCn1c(SCC(=O)NCCCOC)nc2sc3c(c2c1=O)CC[C@H](C)C3. The van der Waals surface area contributed by atoms with Crippen LogP contribution < -0.4 is 10.9 Å². The van der Waals surface area contributed by atoms with Crippen molar-refractivity contribution in [1.29, 1.82) is 0 Å². The molecule has 2 aromatic rings. The molecule has 1 atom stereocenters. The van der Waals surface area contributed by atoms with Gasteiger partial charge in [0.25, 0.3) is 5.56 Å². The van der Waals surface area contributed by atoms with Gasteiger partial charge in [0.1, 0.15) is 4.83 Å². The lowest BCUT2D eigenvalue weighted by molar-refractivity contribution is -0.118. The maximum absolute atomic E-state index is 13.1. The van der Waals surface area contributed by atoms with Crippen molar-refractivity contribution in [3.8, 4) is 0 Å². The van der Waals surface area contributed by atoms with Crippen molar-refractivity contribution in [2.75, 3.05) is 26.0 Å². The largest absolute Gasteiger partial charge is 0.385 e. The van der Waals surface area contributed by atoms with Crippen LogP contribution in [0.25, 0.3) is 10.2 Å². The summed E-state index contributed by atoms with van der Waals surface area (Å²) in [5.41, 5.74) is 1.25. The molecule has 3 rings (SSSR count). The van der Waals surface area contributed by atoms with E-state index < -0.39 is 0 Å². The minimum absolute atomic E-state index is 0.0394. The molecule has 0 spiro atoms. The molecule has 1 aliphatic rings. The molecule has 0 bridgehead atoms. The number of nitrogens with one attached hydrogen (secondary N) is 1. The molecular weight excluding hydrogens is 382 g/mol. The molecule has 1 N–H and O–H groups in total. The first-order chi connectivity index (χ1) is 13.0. The van der Waals surface area contributed by atoms with E-state index in [1.807, 2.05) is 6.92 Å². The zero-order chi connectivity index (χ0) is 19.4. The highest BCUT2D eigenvalue weighted by Crippen LogP contribution is 2.36. The van der Waals surface area contributed by atoms with Crippen LogP contribution in [0.4, 0.5) is 0 Å². The van der Waals surface area contributed by atoms with Gasteiger partial charge in [0.15, 0.2) is 5.16 Å². The van der Waals surface area contributed by atoms with Gasteiger partial charge >= 0.3 is 0 Å². The van der Waals surface area contributed by atoms with E-state index in [9.17, 15) is 9.59 Å². The third-order valence-corrected chi connectivity index (χ3v) is 7.00. The summed E-state index contributed by atoms with van der Waals surface area (Å²) in [6.07, 6.45) is 3.92. The fourth-order valence-corrected chi connectivity index (χ4v) is 5.74. The van der Waals surface area contributed by atoms with Crippen LogP contribution in [0.5, 0.6) is 0 Å². The van der Waals surface area contributed by atoms with E-state index in [4.69, 9.17) is 9.72 Å². The number of rotatable bonds is 8. The van der Waals surface area contributed by atoms with Crippen molar-refractivity contribution >= 4 is 39.2 Å². The van der Waals surface area contributed by atoms with Crippen LogP contribution in [0.2, 0.25) is 0 Å². The average Bonchev–Trinajstić information content (AvgIpc) is 3.01. The second kappa shape index (κ2) is 9.21.